The molecule has 0 saturated carbocycles. The van der Waals surface area contributed by atoms with Crippen LogP contribution in [0.3, 0.4) is 0 Å². The van der Waals surface area contributed by atoms with E-state index in [1.165, 1.54) is 0 Å². The molecule has 0 aromatic heterocycles. The van der Waals surface area contributed by atoms with Gasteiger partial charge >= 0.3 is 0 Å². The van der Waals surface area contributed by atoms with Gasteiger partial charge in [-0.3, -0.25) is 9.69 Å². The molecule has 1 saturated heterocycles. The average molecular weight is 318 g/mol. The number of piperazine rings is 1. The Bertz CT molecular complexity index is 520. The van der Waals surface area contributed by atoms with Crippen LogP contribution >= 0.6 is 0 Å². The van der Waals surface area contributed by atoms with Gasteiger partial charge in [-0.15, -0.1) is 0 Å². The van der Waals surface area contributed by atoms with Crippen molar-refractivity contribution in [1.82, 2.24) is 10.2 Å². The minimum atomic E-state index is 0.198. The van der Waals surface area contributed by atoms with Crippen LogP contribution in [0.5, 0.6) is 5.75 Å². The molecule has 0 spiro atoms. The maximum atomic E-state index is 12.6. The van der Waals surface area contributed by atoms with Crippen molar-refractivity contribution in [1.29, 1.82) is 0 Å². The van der Waals surface area contributed by atoms with E-state index in [0.717, 1.165) is 43.1 Å². The number of nitrogens with one attached hydrogen (secondary N) is 1. The summed E-state index contributed by atoms with van der Waals surface area (Å²) in [5.41, 5.74) is 1.92. The second-order valence-corrected chi connectivity index (χ2v) is 7.06. The van der Waals surface area contributed by atoms with E-state index in [9.17, 15) is 4.79 Å². The Morgan fingerprint density at radius 1 is 1.22 bits per heavy atom. The van der Waals surface area contributed by atoms with Crippen LogP contribution in [-0.4, -0.2) is 50.0 Å². The smallest absolute Gasteiger partial charge is 0.176 e. The van der Waals surface area contributed by atoms with Gasteiger partial charge in [-0.25, -0.2) is 0 Å². The molecule has 23 heavy (non-hydrogen) atoms. The lowest BCUT2D eigenvalue weighted by Gasteiger charge is -2.26. The third-order valence-electron chi connectivity index (χ3n) is 4.10. The number of hydrogen-bond acceptors (Lipinski definition) is 4. The van der Waals surface area contributed by atoms with Gasteiger partial charge in [0.25, 0.3) is 0 Å². The van der Waals surface area contributed by atoms with E-state index < -0.39 is 0 Å². The van der Waals surface area contributed by atoms with Crippen LogP contribution in [0.25, 0.3) is 0 Å². The molecule has 1 aromatic carbocycles. The summed E-state index contributed by atoms with van der Waals surface area (Å²) in [7, 11) is 0. The van der Waals surface area contributed by atoms with Crippen molar-refractivity contribution < 1.29 is 9.53 Å². The van der Waals surface area contributed by atoms with E-state index in [0.29, 0.717) is 25.0 Å². The molecule has 1 heterocycles. The third kappa shape index (κ3) is 5.33. The molecule has 0 atom stereocenters. The van der Waals surface area contributed by atoms with Crippen LogP contribution < -0.4 is 10.1 Å². The standard InChI is InChI=1S/C19H30N2O2/c1-14(2)13-23-19-6-5-16(11-17(19)15(3)4)18(22)12-21-9-7-20-8-10-21/h5-6,11,14-15,20H,7-10,12-13H2,1-4H3. The van der Waals surface area contributed by atoms with Gasteiger partial charge in [0, 0.05) is 31.7 Å². The molecule has 0 unspecified atom stereocenters. The van der Waals surface area contributed by atoms with Gasteiger partial charge in [-0.05, 0) is 35.6 Å². The van der Waals surface area contributed by atoms with Crippen molar-refractivity contribution >= 4 is 5.78 Å². The highest BCUT2D eigenvalue weighted by Crippen LogP contribution is 2.28. The molecule has 4 nitrogen and oxygen atoms in total. The van der Waals surface area contributed by atoms with Crippen molar-refractivity contribution in [2.45, 2.75) is 33.6 Å². The van der Waals surface area contributed by atoms with Crippen molar-refractivity contribution in [3.63, 3.8) is 0 Å². The molecule has 1 aliphatic heterocycles. The molecule has 128 valence electrons. The molecule has 0 aliphatic carbocycles. The molecular formula is C19H30N2O2. The van der Waals surface area contributed by atoms with Gasteiger partial charge in [0.15, 0.2) is 5.78 Å². The molecular weight excluding hydrogens is 288 g/mol. The van der Waals surface area contributed by atoms with Crippen LogP contribution in [0.15, 0.2) is 18.2 Å². The number of benzene rings is 1. The van der Waals surface area contributed by atoms with Crippen LogP contribution in [-0.2, 0) is 0 Å². The molecule has 0 amide bonds. The number of Topliss-reactive ketones (excluding diaryl/α,β-unsaturated/α-hetero) is 1. The molecule has 0 radical (unpaired) electrons. The first kappa shape index (κ1) is 18.0. The van der Waals surface area contributed by atoms with Crippen LogP contribution in [0.1, 0.15) is 49.5 Å². The Kier molecular flexibility index (Phi) is 6.60. The predicted molar refractivity (Wildman–Crippen MR) is 94.5 cm³/mol. The normalized spacial score (nSPS) is 16.1. The van der Waals surface area contributed by atoms with Gasteiger partial charge in [0.05, 0.1) is 13.2 Å². The number of carbonyl (C=O) groups excluding carboxylic acids is 1. The zero-order chi connectivity index (χ0) is 16.8. The summed E-state index contributed by atoms with van der Waals surface area (Å²) in [4.78, 5) is 14.8. The monoisotopic (exact) mass is 318 g/mol. The second-order valence-electron chi connectivity index (χ2n) is 7.06. The zero-order valence-corrected chi connectivity index (χ0v) is 14.9. The number of ether oxygens (including phenoxy) is 1. The first-order chi connectivity index (χ1) is 11.0. The lowest BCUT2D eigenvalue weighted by Crippen LogP contribution is -2.45. The van der Waals surface area contributed by atoms with E-state index in [-0.39, 0.29) is 5.78 Å². The number of rotatable bonds is 7. The van der Waals surface area contributed by atoms with Crippen LogP contribution in [0.2, 0.25) is 0 Å². The summed E-state index contributed by atoms with van der Waals surface area (Å²) in [6.07, 6.45) is 0. The Morgan fingerprint density at radius 2 is 1.91 bits per heavy atom. The van der Waals surface area contributed by atoms with E-state index >= 15 is 0 Å². The molecule has 4 heteroatoms. The Labute approximate surface area is 140 Å². The van der Waals surface area contributed by atoms with E-state index in [2.05, 4.69) is 37.9 Å². The van der Waals surface area contributed by atoms with E-state index in [4.69, 9.17) is 4.74 Å². The average Bonchev–Trinajstić information content (AvgIpc) is 2.53. The topological polar surface area (TPSA) is 41.6 Å². The fourth-order valence-corrected chi connectivity index (χ4v) is 2.72. The van der Waals surface area contributed by atoms with E-state index in [1.807, 2.05) is 18.2 Å². The van der Waals surface area contributed by atoms with Crippen LogP contribution in [0.4, 0.5) is 0 Å². The van der Waals surface area contributed by atoms with Gasteiger partial charge in [0.1, 0.15) is 5.75 Å². The van der Waals surface area contributed by atoms with Crippen molar-refractivity contribution in [3.8, 4) is 5.75 Å². The minimum absolute atomic E-state index is 0.198. The minimum Gasteiger partial charge on any atom is -0.493 e. The molecule has 1 N–H and O–H groups in total. The Balaban J connectivity index is 2.09. The predicted octanol–water partition coefficient (Wildman–Crippen LogP) is 2.93. The third-order valence-corrected chi connectivity index (χ3v) is 4.10. The highest BCUT2D eigenvalue weighted by atomic mass is 16.5. The summed E-state index contributed by atoms with van der Waals surface area (Å²) < 4.78 is 5.91. The molecule has 1 aliphatic rings. The Hall–Kier alpha value is -1.39. The quantitative estimate of drug-likeness (QED) is 0.785. The van der Waals surface area contributed by atoms with E-state index in [1.54, 1.807) is 0 Å². The number of carbonyl (C=O) groups is 1. The molecule has 0 bridgehead atoms. The maximum Gasteiger partial charge on any atom is 0.176 e. The van der Waals surface area contributed by atoms with Gasteiger partial charge in [-0.2, -0.15) is 0 Å². The van der Waals surface area contributed by atoms with Gasteiger partial charge in [-0.1, -0.05) is 27.7 Å². The fraction of sp³-hybridized carbons (Fsp3) is 0.632. The van der Waals surface area contributed by atoms with Crippen molar-refractivity contribution in [2.24, 2.45) is 5.92 Å². The highest BCUT2D eigenvalue weighted by Gasteiger charge is 2.17. The number of ketones is 1. The largest absolute Gasteiger partial charge is 0.493 e. The lowest BCUT2D eigenvalue weighted by atomic mass is 9.97. The molecule has 1 aromatic rings. The summed E-state index contributed by atoms with van der Waals surface area (Å²) in [6.45, 7) is 13.6. The van der Waals surface area contributed by atoms with Crippen LogP contribution in [0, 0.1) is 5.92 Å². The highest BCUT2D eigenvalue weighted by molar-refractivity contribution is 5.98. The summed E-state index contributed by atoms with van der Waals surface area (Å²) in [5, 5.41) is 3.31. The number of nitrogens with zero attached hydrogens (tertiary/aromatic N) is 1. The first-order valence-electron chi connectivity index (χ1n) is 8.70. The molecule has 2 rings (SSSR count). The zero-order valence-electron chi connectivity index (χ0n) is 14.9. The summed E-state index contributed by atoms with van der Waals surface area (Å²) in [5.74, 6) is 1.93. The molecule has 1 fully saturated rings. The maximum absolute atomic E-state index is 12.6. The second kappa shape index (κ2) is 8.46. The fourth-order valence-electron chi connectivity index (χ4n) is 2.72. The summed E-state index contributed by atoms with van der Waals surface area (Å²) in [6, 6.07) is 5.89. The SMILES string of the molecule is CC(C)COc1ccc(C(=O)CN2CCNCC2)cc1C(C)C. The Morgan fingerprint density at radius 3 is 2.52 bits per heavy atom. The van der Waals surface area contributed by atoms with Crippen molar-refractivity contribution in [3.05, 3.63) is 29.3 Å². The lowest BCUT2D eigenvalue weighted by molar-refractivity contribution is 0.0921. The summed E-state index contributed by atoms with van der Waals surface area (Å²) >= 11 is 0. The van der Waals surface area contributed by atoms with Crippen molar-refractivity contribution in [2.75, 3.05) is 39.3 Å². The van der Waals surface area contributed by atoms with Gasteiger partial charge < -0.3 is 10.1 Å². The number of hydrogen-bond donors (Lipinski definition) is 1. The first-order valence-corrected chi connectivity index (χ1v) is 8.70. The van der Waals surface area contributed by atoms with Gasteiger partial charge in [0.2, 0.25) is 0 Å².